The molecule has 0 aliphatic rings. The van der Waals surface area contributed by atoms with Crippen LogP contribution in [0.4, 0.5) is 0 Å². The van der Waals surface area contributed by atoms with Gasteiger partial charge in [-0.1, -0.05) is 18.2 Å². The third kappa shape index (κ3) is 3.36. The van der Waals surface area contributed by atoms with Crippen molar-refractivity contribution in [1.29, 1.82) is 0 Å². The zero-order valence-electron chi connectivity index (χ0n) is 8.64. The van der Waals surface area contributed by atoms with E-state index in [2.05, 4.69) is 5.32 Å². The fourth-order valence-corrected chi connectivity index (χ4v) is 1.31. The highest BCUT2D eigenvalue weighted by atomic mass is 16.4. The molecule has 1 aromatic rings. The number of carbonyl (C=O) groups is 2. The summed E-state index contributed by atoms with van der Waals surface area (Å²) in [5.41, 5.74) is 0.590. The monoisotopic (exact) mass is 223 g/mol. The van der Waals surface area contributed by atoms with Gasteiger partial charge in [-0.15, -0.1) is 0 Å². The van der Waals surface area contributed by atoms with E-state index in [1.165, 1.54) is 6.07 Å². The van der Waals surface area contributed by atoms with Crippen LogP contribution in [0.25, 0.3) is 0 Å². The van der Waals surface area contributed by atoms with Crippen LogP contribution in [0.15, 0.2) is 24.3 Å². The molecule has 0 fully saturated rings. The lowest BCUT2D eigenvalue weighted by atomic mass is 10.0. The highest BCUT2D eigenvalue weighted by molar-refractivity contribution is 5.91. The van der Waals surface area contributed by atoms with Crippen molar-refractivity contribution in [3.05, 3.63) is 35.4 Å². The van der Waals surface area contributed by atoms with Crippen molar-refractivity contribution in [2.75, 3.05) is 13.2 Å². The van der Waals surface area contributed by atoms with E-state index in [0.29, 0.717) is 5.56 Å². The molecule has 0 heterocycles. The Balaban J connectivity index is 2.73. The quantitative estimate of drug-likeness (QED) is 0.657. The predicted octanol–water partition coefficient (Wildman–Crippen LogP) is 0.0358. The van der Waals surface area contributed by atoms with Crippen LogP contribution in [0.5, 0.6) is 0 Å². The second-order valence-electron chi connectivity index (χ2n) is 3.21. The van der Waals surface area contributed by atoms with Gasteiger partial charge in [-0.25, -0.2) is 4.79 Å². The van der Waals surface area contributed by atoms with Gasteiger partial charge in [0.25, 0.3) is 0 Å². The Morgan fingerprint density at radius 2 is 1.94 bits per heavy atom. The average molecular weight is 223 g/mol. The van der Waals surface area contributed by atoms with Crippen molar-refractivity contribution < 1.29 is 19.8 Å². The number of carboxylic acid groups (broad SMARTS) is 1. The van der Waals surface area contributed by atoms with Gasteiger partial charge in [-0.05, 0) is 11.6 Å². The fourth-order valence-electron chi connectivity index (χ4n) is 1.31. The van der Waals surface area contributed by atoms with Crippen molar-refractivity contribution >= 4 is 11.9 Å². The molecule has 5 heteroatoms. The van der Waals surface area contributed by atoms with E-state index >= 15 is 0 Å². The Morgan fingerprint density at radius 3 is 2.56 bits per heavy atom. The maximum absolute atomic E-state index is 11.3. The smallest absolute Gasteiger partial charge is 0.335 e. The number of hydrogen-bond acceptors (Lipinski definition) is 3. The minimum absolute atomic E-state index is 0.00245. The molecule has 0 radical (unpaired) electrons. The van der Waals surface area contributed by atoms with Crippen LogP contribution in [0, 0.1) is 0 Å². The van der Waals surface area contributed by atoms with Crippen molar-refractivity contribution in [1.82, 2.24) is 5.32 Å². The summed E-state index contributed by atoms with van der Waals surface area (Å²) in [4.78, 5) is 22.2. The maximum Gasteiger partial charge on any atom is 0.335 e. The summed E-state index contributed by atoms with van der Waals surface area (Å²) in [5.74, 6) is -1.35. The van der Waals surface area contributed by atoms with Gasteiger partial charge >= 0.3 is 5.97 Å². The van der Waals surface area contributed by atoms with E-state index in [1.807, 2.05) is 0 Å². The lowest BCUT2D eigenvalue weighted by Gasteiger charge is -2.06. The number of carboxylic acids is 1. The first-order valence-electron chi connectivity index (χ1n) is 4.84. The minimum Gasteiger partial charge on any atom is -0.478 e. The maximum atomic E-state index is 11.3. The molecule has 5 nitrogen and oxygen atoms in total. The molecule has 0 aliphatic heterocycles. The third-order valence-corrected chi connectivity index (χ3v) is 2.03. The molecule has 1 aromatic carbocycles. The topological polar surface area (TPSA) is 86.6 Å². The van der Waals surface area contributed by atoms with Gasteiger partial charge in [0.05, 0.1) is 18.6 Å². The molecule has 1 rings (SSSR count). The number of aliphatic hydroxyl groups is 1. The van der Waals surface area contributed by atoms with Gasteiger partial charge < -0.3 is 15.5 Å². The van der Waals surface area contributed by atoms with Crippen molar-refractivity contribution in [2.45, 2.75) is 6.42 Å². The first-order chi connectivity index (χ1) is 7.65. The molecule has 0 saturated carbocycles. The summed E-state index contributed by atoms with van der Waals surface area (Å²) in [6.07, 6.45) is 0.00245. The van der Waals surface area contributed by atoms with Gasteiger partial charge in [-0.3, -0.25) is 4.79 Å². The molecule has 0 aliphatic carbocycles. The van der Waals surface area contributed by atoms with E-state index in [9.17, 15) is 9.59 Å². The average Bonchev–Trinajstić information content (AvgIpc) is 2.27. The lowest BCUT2D eigenvalue weighted by Crippen LogP contribution is -2.28. The number of amides is 1. The summed E-state index contributed by atoms with van der Waals surface area (Å²) >= 11 is 0. The number of benzene rings is 1. The van der Waals surface area contributed by atoms with Crippen LogP contribution in [0.2, 0.25) is 0 Å². The van der Waals surface area contributed by atoms with Crippen LogP contribution in [0.3, 0.4) is 0 Å². The molecule has 0 spiro atoms. The van der Waals surface area contributed by atoms with E-state index in [1.54, 1.807) is 18.2 Å². The Morgan fingerprint density at radius 1 is 1.25 bits per heavy atom. The summed E-state index contributed by atoms with van der Waals surface area (Å²) in [6, 6.07) is 6.35. The molecule has 1 amide bonds. The fraction of sp³-hybridized carbons (Fsp3) is 0.273. The van der Waals surface area contributed by atoms with Gasteiger partial charge in [0.2, 0.25) is 5.91 Å². The predicted molar refractivity (Wildman–Crippen MR) is 57.2 cm³/mol. The summed E-state index contributed by atoms with van der Waals surface area (Å²) in [7, 11) is 0. The molecule has 0 aromatic heterocycles. The Hall–Kier alpha value is -1.88. The molecule has 0 bridgehead atoms. The molecule has 16 heavy (non-hydrogen) atoms. The van der Waals surface area contributed by atoms with E-state index < -0.39 is 5.97 Å². The normalized spacial score (nSPS) is 9.81. The lowest BCUT2D eigenvalue weighted by molar-refractivity contribution is -0.120. The van der Waals surface area contributed by atoms with Crippen LogP contribution in [-0.2, 0) is 11.2 Å². The van der Waals surface area contributed by atoms with Crippen LogP contribution < -0.4 is 5.32 Å². The van der Waals surface area contributed by atoms with Crippen LogP contribution >= 0.6 is 0 Å². The first kappa shape index (κ1) is 12.2. The van der Waals surface area contributed by atoms with Gasteiger partial charge in [0, 0.05) is 6.54 Å². The standard InChI is InChI=1S/C11H13NO4/c13-6-5-12-10(14)7-8-3-1-2-4-9(8)11(15)16/h1-4,13H,5-7H2,(H,12,14)(H,15,16). The number of aliphatic hydroxyl groups excluding tert-OH is 1. The van der Waals surface area contributed by atoms with E-state index in [-0.39, 0.29) is 31.0 Å². The molecule has 86 valence electrons. The number of nitrogens with one attached hydrogen (secondary N) is 1. The Bertz CT molecular complexity index is 389. The SMILES string of the molecule is O=C(Cc1ccccc1C(=O)O)NCCO. The van der Waals surface area contributed by atoms with Crippen LogP contribution in [-0.4, -0.2) is 35.2 Å². The Labute approximate surface area is 92.7 Å². The highest BCUT2D eigenvalue weighted by Crippen LogP contribution is 2.09. The molecular weight excluding hydrogens is 210 g/mol. The van der Waals surface area contributed by atoms with Crippen molar-refractivity contribution in [3.8, 4) is 0 Å². The van der Waals surface area contributed by atoms with Gasteiger partial charge in [0.15, 0.2) is 0 Å². The Kier molecular flexibility index (Phi) is 4.47. The number of rotatable bonds is 5. The summed E-state index contributed by atoms with van der Waals surface area (Å²) in [5, 5.41) is 19.9. The summed E-state index contributed by atoms with van der Waals surface area (Å²) < 4.78 is 0. The highest BCUT2D eigenvalue weighted by Gasteiger charge is 2.11. The number of aromatic carboxylic acids is 1. The number of carbonyl (C=O) groups excluding carboxylic acids is 1. The number of hydrogen-bond donors (Lipinski definition) is 3. The van der Waals surface area contributed by atoms with E-state index in [0.717, 1.165) is 0 Å². The second-order valence-corrected chi connectivity index (χ2v) is 3.21. The minimum atomic E-state index is -1.05. The van der Waals surface area contributed by atoms with E-state index in [4.69, 9.17) is 10.2 Å². The molecule has 0 saturated heterocycles. The zero-order chi connectivity index (χ0) is 12.0. The molecule has 0 unspecified atom stereocenters. The largest absolute Gasteiger partial charge is 0.478 e. The zero-order valence-corrected chi connectivity index (χ0v) is 8.64. The third-order valence-electron chi connectivity index (χ3n) is 2.03. The molecule has 0 atom stereocenters. The van der Waals surface area contributed by atoms with Crippen molar-refractivity contribution in [3.63, 3.8) is 0 Å². The molecular formula is C11H13NO4. The van der Waals surface area contributed by atoms with Gasteiger partial charge in [0.1, 0.15) is 0 Å². The van der Waals surface area contributed by atoms with Crippen LogP contribution in [0.1, 0.15) is 15.9 Å². The first-order valence-corrected chi connectivity index (χ1v) is 4.84. The molecule has 3 N–H and O–H groups in total. The van der Waals surface area contributed by atoms with Gasteiger partial charge in [-0.2, -0.15) is 0 Å². The van der Waals surface area contributed by atoms with Crippen molar-refractivity contribution in [2.24, 2.45) is 0 Å². The summed E-state index contributed by atoms with van der Waals surface area (Å²) in [6.45, 7) is 0.0421. The second kappa shape index (κ2) is 5.87.